The quantitative estimate of drug-likeness (QED) is 0.806. The molecule has 0 aliphatic heterocycles. The predicted molar refractivity (Wildman–Crippen MR) is 94.3 cm³/mol. The lowest BCUT2D eigenvalue weighted by Gasteiger charge is -2.15. The third-order valence-electron chi connectivity index (χ3n) is 3.69. The van der Waals surface area contributed by atoms with Crippen LogP contribution in [0.15, 0.2) is 47.4 Å². The van der Waals surface area contributed by atoms with Crippen LogP contribution in [0.1, 0.15) is 42.6 Å². The Hall–Kier alpha value is -2.34. The molecule has 6 heteroatoms. The van der Waals surface area contributed by atoms with Crippen LogP contribution in [0.3, 0.4) is 0 Å². The van der Waals surface area contributed by atoms with Gasteiger partial charge >= 0.3 is 0 Å². The number of benzene rings is 2. The molecule has 0 fully saturated rings. The minimum absolute atomic E-state index is 0.0344. The second kappa shape index (κ2) is 7.05. The zero-order valence-corrected chi connectivity index (χ0v) is 15.0. The maximum Gasteiger partial charge on any atom is 0.262 e. The monoisotopic (exact) mass is 347 g/mol. The van der Waals surface area contributed by atoms with Crippen LogP contribution in [-0.2, 0) is 10.0 Å². The molecule has 2 rings (SSSR count). The maximum absolute atomic E-state index is 12.6. The van der Waals surface area contributed by atoms with Crippen LogP contribution in [0, 0.1) is 0 Å². The molecule has 0 aliphatic carbocycles. The number of hydrogen-bond donors (Lipinski definition) is 1. The number of Topliss-reactive ketones (excluding diaryl/α,β-unsaturated/α-hetero) is 1. The first-order valence-electron chi connectivity index (χ1n) is 7.56. The van der Waals surface area contributed by atoms with Gasteiger partial charge in [-0.15, -0.1) is 0 Å². The van der Waals surface area contributed by atoms with Gasteiger partial charge in [-0.25, -0.2) is 8.42 Å². The molecule has 0 bridgehead atoms. The Morgan fingerprint density at radius 1 is 1.12 bits per heavy atom. The molecule has 128 valence electrons. The van der Waals surface area contributed by atoms with Crippen LogP contribution >= 0.6 is 0 Å². The van der Waals surface area contributed by atoms with E-state index in [1.54, 1.807) is 24.3 Å². The number of ketones is 1. The van der Waals surface area contributed by atoms with Gasteiger partial charge in [-0.3, -0.25) is 9.52 Å². The Labute approximate surface area is 142 Å². The van der Waals surface area contributed by atoms with Crippen molar-refractivity contribution < 1.29 is 17.9 Å². The average Bonchev–Trinajstić information content (AvgIpc) is 2.54. The number of carbonyl (C=O) groups is 1. The minimum Gasteiger partial charge on any atom is -0.495 e. The lowest BCUT2D eigenvalue weighted by molar-refractivity contribution is 0.101. The molecule has 0 atom stereocenters. The van der Waals surface area contributed by atoms with Gasteiger partial charge in [0, 0.05) is 5.56 Å². The lowest BCUT2D eigenvalue weighted by Crippen LogP contribution is -2.14. The zero-order chi connectivity index (χ0) is 17.9. The normalized spacial score (nSPS) is 11.4. The van der Waals surface area contributed by atoms with E-state index in [9.17, 15) is 13.2 Å². The summed E-state index contributed by atoms with van der Waals surface area (Å²) in [4.78, 5) is 11.5. The van der Waals surface area contributed by atoms with Gasteiger partial charge in [0.1, 0.15) is 5.75 Å². The molecule has 0 aromatic heterocycles. The van der Waals surface area contributed by atoms with E-state index < -0.39 is 10.0 Å². The Balaban J connectivity index is 2.44. The van der Waals surface area contributed by atoms with E-state index in [2.05, 4.69) is 4.72 Å². The fourth-order valence-corrected chi connectivity index (χ4v) is 3.36. The van der Waals surface area contributed by atoms with Crippen LogP contribution in [0.4, 0.5) is 5.69 Å². The summed E-state index contributed by atoms with van der Waals surface area (Å²) in [6, 6.07) is 11.3. The first-order chi connectivity index (χ1) is 11.2. The van der Waals surface area contributed by atoms with Gasteiger partial charge < -0.3 is 4.74 Å². The first kappa shape index (κ1) is 18.0. The molecular formula is C18H21NO4S. The van der Waals surface area contributed by atoms with Gasteiger partial charge in [-0.2, -0.15) is 0 Å². The van der Waals surface area contributed by atoms with E-state index in [-0.39, 0.29) is 16.6 Å². The Kier molecular flexibility index (Phi) is 5.29. The number of methoxy groups -OCH3 is 1. The Morgan fingerprint density at radius 3 is 2.42 bits per heavy atom. The standard InChI is InChI=1S/C18H21NO4S/c1-12(2)14-8-9-18(23-4)17(11-14)19-24(21,22)16-7-5-6-15(10-16)13(3)20/h5-12,19H,1-4H3. The van der Waals surface area contributed by atoms with Gasteiger partial charge in [-0.1, -0.05) is 32.0 Å². The predicted octanol–water partition coefficient (Wildman–Crippen LogP) is 3.82. The number of sulfonamides is 1. The number of anilines is 1. The molecule has 0 radical (unpaired) electrons. The number of nitrogens with one attached hydrogen (secondary N) is 1. The van der Waals surface area contributed by atoms with E-state index in [4.69, 9.17) is 4.74 Å². The molecule has 0 aliphatic rings. The topological polar surface area (TPSA) is 72.5 Å². The van der Waals surface area contributed by atoms with E-state index in [1.165, 1.54) is 26.2 Å². The summed E-state index contributed by atoms with van der Waals surface area (Å²) in [6.07, 6.45) is 0. The highest BCUT2D eigenvalue weighted by atomic mass is 32.2. The van der Waals surface area contributed by atoms with Gasteiger partial charge in [0.25, 0.3) is 10.0 Å². The summed E-state index contributed by atoms with van der Waals surface area (Å²) in [5, 5.41) is 0. The van der Waals surface area contributed by atoms with Crippen molar-refractivity contribution >= 4 is 21.5 Å². The maximum atomic E-state index is 12.6. The molecule has 5 nitrogen and oxygen atoms in total. The molecule has 2 aromatic rings. The molecule has 2 aromatic carbocycles. The summed E-state index contributed by atoms with van der Waals surface area (Å²) in [6.45, 7) is 5.45. The molecule has 1 N–H and O–H groups in total. The van der Waals surface area contributed by atoms with Gasteiger partial charge in [-0.05, 0) is 42.7 Å². The molecule has 0 spiro atoms. The second-order valence-corrected chi connectivity index (χ2v) is 7.49. The second-order valence-electron chi connectivity index (χ2n) is 5.80. The van der Waals surface area contributed by atoms with E-state index in [1.807, 2.05) is 19.9 Å². The van der Waals surface area contributed by atoms with Crippen molar-refractivity contribution in [2.45, 2.75) is 31.6 Å². The molecule has 0 unspecified atom stereocenters. The number of hydrogen-bond acceptors (Lipinski definition) is 4. The van der Waals surface area contributed by atoms with Crippen molar-refractivity contribution in [1.82, 2.24) is 0 Å². The van der Waals surface area contributed by atoms with E-state index in [0.717, 1.165) is 5.56 Å². The highest BCUT2D eigenvalue weighted by Gasteiger charge is 2.18. The largest absolute Gasteiger partial charge is 0.495 e. The third kappa shape index (κ3) is 3.94. The molecule has 0 amide bonds. The SMILES string of the molecule is COc1ccc(C(C)C)cc1NS(=O)(=O)c1cccc(C(C)=O)c1. The van der Waals surface area contributed by atoms with Crippen LogP contribution in [-0.4, -0.2) is 21.3 Å². The van der Waals surface area contributed by atoms with Gasteiger partial charge in [0.05, 0.1) is 17.7 Å². The molecular weight excluding hydrogens is 326 g/mol. The van der Waals surface area contributed by atoms with Crippen molar-refractivity contribution in [3.63, 3.8) is 0 Å². The Morgan fingerprint density at radius 2 is 1.83 bits per heavy atom. The van der Waals surface area contributed by atoms with Crippen LogP contribution < -0.4 is 9.46 Å². The summed E-state index contributed by atoms with van der Waals surface area (Å²) in [5.74, 6) is 0.498. The van der Waals surface area contributed by atoms with Gasteiger partial charge in [0.15, 0.2) is 5.78 Å². The van der Waals surface area contributed by atoms with E-state index >= 15 is 0 Å². The molecule has 24 heavy (non-hydrogen) atoms. The summed E-state index contributed by atoms with van der Waals surface area (Å²) in [5.41, 5.74) is 1.71. The first-order valence-corrected chi connectivity index (χ1v) is 9.04. The molecule has 0 saturated heterocycles. The highest BCUT2D eigenvalue weighted by molar-refractivity contribution is 7.92. The fraction of sp³-hybridized carbons (Fsp3) is 0.278. The number of rotatable bonds is 6. The van der Waals surface area contributed by atoms with Gasteiger partial charge in [0.2, 0.25) is 0 Å². The highest BCUT2D eigenvalue weighted by Crippen LogP contribution is 2.30. The number of ether oxygens (including phenoxy) is 1. The third-order valence-corrected chi connectivity index (χ3v) is 5.05. The Bertz CT molecular complexity index is 857. The van der Waals surface area contributed by atoms with Crippen molar-refractivity contribution in [2.24, 2.45) is 0 Å². The van der Waals surface area contributed by atoms with Crippen LogP contribution in [0.2, 0.25) is 0 Å². The minimum atomic E-state index is -3.83. The zero-order valence-electron chi connectivity index (χ0n) is 14.2. The average molecular weight is 347 g/mol. The van der Waals surface area contributed by atoms with Crippen molar-refractivity contribution in [3.8, 4) is 5.75 Å². The van der Waals surface area contributed by atoms with Crippen molar-refractivity contribution in [2.75, 3.05) is 11.8 Å². The lowest BCUT2D eigenvalue weighted by atomic mass is 10.0. The summed E-state index contributed by atoms with van der Waals surface area (Å²) >= 11 is 0. The van der Waals surface area contributed by atoms with Crippen molar-refractivity contribution in [1.29, 1.82) is 0 Å². The number of carbonyl (C=O) groups excluding carboxylic acids is 1. The fourth-order valence-electron chi connectivity index (χ4n) is 2.25. The summed E-state index contributed by atoms with van der Waals surface area (Å²) in [7, 11) is -2.34. The molecule has 0 saturated carbocycles. The van der Waals surface area contributed by atoms with Crippen LogP contribution in [0.5, 0.6) is 5.75 Å². The van der Waals surface area contributed by atoms with Crippen molar-refractivity contribution in [3.05, 3.63) is 53.6 Å². The smallest absolute Gasteiger partial charge is 0.262 e. The molecule has 0 heterocycles. The summed E-state index contributed by atoms with van der Waals surface area (Å²) < 4.78 is 33.1. The van der Waals surface area contributed by atoms with Crippen LogP contribution in [0.25, 0.3) is 0 Å². The van der Waals surface area contributed by atoms with E-state index in [0.29, 0.717) is 17.0 Å².